The maximum atomic E-state index is 5.79. The van der Waals surface area contributed by atoms with Crippen LogP contribution in [0.3, 0.4) is 0 Å². The van der Waals surface area contributed by atoms with Gasteiger partial charge in [-0.1, -0.05) is 33.2 Å². The number of benzene rings is 1. The highest BCUT2D eigenvalue weighted by molar-refractivity contribution is 9.10. The van der Waals surface area contributed by atoms with Gasteiger partial charge in [-0.25, -0.2) is 4.68 Å². The van der Waals surface area contributed by atoms with Gasteiger partial charge in [0.05, 0.1) is 6.54 Å². The van der Waals surface area contributed by atoms with E-state index in [1.807, 2.05) is 36.4 Å². The number of anilines is 1. The van der Waals surface area contributed by atoms with Gasteiger partial charge >= 0.3 is 0 Å². The fourth-order valence-electron chi connectivity index (χ4n) is 1.79. The Morgan fingerprint density at radius 2 is 2.00 bits per heavy atom. The van der Waals surface area contributed by atoms with Crippen molar-refractivity contribution in [3.05, 3.63) is 46.6 Å². The molecule has 0 unspecified atom stereocenters. The van der Waals surface area contributed by atoms with E-state index in [1.165, 1.54) is 0 Å². The van der Waals surface area contributed by atoms with E-state index in [4.69, 9.17) is 4.42 Å². The lowest BCUT2D eigenvalue weighted by Crippen LogP contribution is -2.04. The Bertz CT molecular complexity index is 704. The number of nitrogens with zero attached hydrogens (tertiary/aromatic N) is 4. The summed E-state index contributed by atoms with van der Waals surface area (Å²) in [7, 11) is 1.78. The van der Waals surface area contributed by atoms with Crippen LogP contribution in [0, 0.1) is 0 Å². The third-order valence-electron chi connectivity index (χ3n) is 2.83. The summed E-state index contributed by atoms with van der Waals surface area (Å²) >= 11 is 3.42. The first-order valence-electron chi connectivity index (χ1n) is 6.03. The average molecular weight is 334 g/mol. The number of hydrogen-bond acceptors (Lipinski definition) is 5. The normalized spacial score (nSPS) is 10.7. The first-order valence-corrected chi connectivity index (χ1v) is 6.82. The minimum atomic E-state index is 0.532. The summed E-state index contributed by atoms with van der Waals surface area (Å²) in [5.74, 6) is 2.27. The lowest BCUT2D eigenvalue weighted by molar-refractivity contribution is 0.530. The van der Waals surface area contributed by atoms with E-state index >= 15 is 0 Å². The fourth-order valence-corrected chi connectivity index (χ4v) is 2.05. The van der Waals surface area contributed by atoms with E-state index in [0.29, 0.717) is 12.5 Å². The first-order chi connectivity index (χ1) is 9.72. The maximum absolute atomic E-state index is 5.79. The zero-order valence-electron chi connectivity index (χ0n) is 10.7. The summed E-state index contributed by atoms with van der Waals surface area (Å²) < 4.78 is 8.41. The van der Waals surface area contributed by atoms with Gasteiger partial charge in [0.25, 0.3) is 0 Å². The zero-order chi connectivity index (χ0) is 13.9. The van der Waals surface area contributed by atoms with Crippen LogP contribution in [0.15, 0.2) is 45.3 Å². The molecular weight excluding hydrogens is 322 g/mol. The SMILES string of the molecule is Cn1nnnc1NCc1ccc(-c2ccc(Br)cc2)o1. The average Bonchev–Trinajstić information content (AvgIpc) is 3.06. The number of furan rings is 1. The predicted molar refractivity (Wildman–Crippen MR) is 78.0 cm³/mol. The van der Waals surface area contributed by atoms with Gasteiger partial charge in [0.2, 0.25) is 5.95 Å². The molecule has 1 N–H and O–H groups in total. The molecule has 20 heavy (non-hydrogen) atoms. The third-order valence-corrected chi connectivity index (χ3v) is 3.36. The maximum Gasteiger partial charge on any atom is 0.243 e. The molecule has 0 atom stereocenters. The second kappa shape index (κ2) is 5.46. The van der Waals surface area contributed by atoms with Crippen LogP contribution >= 0.6 is 15.9 Å². The third kappa shape index (κ3) is 2.72. The molecule has 0 aliphatic rings. The number of nitrogens with one attached hydrogen (secondary N) is 1. The topological polar surface area (TPSA) is 68.8 Å². The number of halogens is 1. The molecule has 0 amide bonds. The molecule has 1 aromatic carbocycles. The summed E-state index contributed by atoms with van der Waals surface area (Å²) in [5, 5.41) is 14.3. The minimum absolute atomic E-state index is 0.532. The van der Waals surface area contributed by atoms with Gasteiger partial charge in [-0.2, -0.15) is 0 Å². The number of hydrogen-bond donors (Lipinski definition) is 1. The molecule has 0 saturated carbocycles. The van der Waals surface area contributed by atoms with Crippen LogP contribution in [0.4, 0.5) is 5.95 Å². The zero-order valence-corrected chi connectivity index (χ0v) is 12.3. The fraction of sp³-hybridized carbons (Fsp3) is 0.154. The van der Waals surface area contributed by atoms with E-state index in [0.717, 1.165) is 21.6 Å². The lowest BCUT2D eigenvalue weighted by atomic mass is 10.2. The molecule has 0 spiro atoms. The van der Waals surface area contributed by atoms with Gasteiger partial charge in [-0.3, -0.25) is 0 Å². The molecule has 0 fully saturated rings. The van der Waals surface area contributed by atoms with Crippen LogP contribution in [0.5, 0.6) is 0 Å². The van der Waals surface area contributed by atoms with Gasteiger partial charge in [-0.05, 0) is 34.7 Å². The van der Waals surface area contributed by atoms with Gasteiger partial charge < -0.3 is 9.73 Å². The van der Waals surface area contributed by atoms with Crippen LogP contribution < -0.4 is 5.32 Å². The van der Waals surface area contributed by atoms with E-state index in [9.17, 15) is 0 Å². The van der Waals surface area contributed by atoms with Crippen molar-refractivity contribution < 1.29 is 4.42 Å². The Hall–Kier alpha value is -2.15. The summed E-state index contributed by atoms with van der Waals surface area (Å²) in [6.45, 7) is 0.532. The van der Waals surface area contributed by atoms with Crippen molar-refractivity contribution in [3.8, 4) is 11.3 Å². The smallest absolute Gasteiger partial charge is 0.243 e. The van der Waals surface area contributed by atoms with Crippen molar-refractivity contribution >= 4 is 21.9 Å². The van der Waals surface area contributed by atoms with Crippen molar-refractivity contribution in [2.45, 2.75) is 6.54 Å². The van der Waals surface area contributed by atoms with Gasteiger partial charge in [0, 0.05) is 17.1 Å². The van der Waals surface area contributed by atoms with Crippen molar-refractivity contribution in [2.75, 3.05) is 5.32 Å². The largest absolute Gasteiger partial charge is 0.459 e. The standard InChI is InChI=1S/C13H12BrN5O/c1-19-13(16-17-18-19)15-8-11-6-7-12(20-11)9-2-4-10(14)5-3-9/h2-7H,8H2,1H3,(H,15,16,18). The molecule has 0 bridgehead atoms. The molecule has 3 rings (SSSR count). The Balaban J connectivity index is 1.71. The molecular formula is C13H12BrN5O. The number of tetrazole rings is 1. The molecule has 0 aliphatic heterocycles. The van der Waals surface area contributed by atoms with Gasteiger partial charge in [0.1, 0.15) is 11.5 Å². The molecule has 0 saturated heterocycles. The van der Waals surface area contributed by atoms with Gasteiger partial charge in [-0.15, -0.1) is 0 Å². The van der Waals surface area contributed by atoms with E-state index in [-0.39, 0.29) is 0 Å². The van der Waals surface area contributed by atoms with Crippen LogP contribution in [-0.4, -0.2) is 20.2 Å². The number of rotatable bonds is 4. The van der Waals surface area contributed by atoms with E-state index in [1.54, 1.807) is 11.7 Å². The monoisotopic (exact) mass is 333 g/mol. The Morgan fingerprint density at radius 1 is 1.20 bits per heavy atom. The highest BCUT2D eigenvalue weighted by Gasteiger charge is 2.06. The van der Waals surface area contributed by atoms with Crippen molar-refractivity contribution in [1.82, 2.24) is 20.2 Å². The molecule has 6 nitrogen and oxygen atoms in total. The lowest BCUT2D eigenvalue weighted by Gasteiger charge is -2.01. The second-order valence-electron chi connectivity index (χ2n) is 4.25. The quantitative estimate of drug-likeness (QED) is 0.795. The Kier molecular flexibility index (Phi) is 3.51. The number of aryl methyl sites for hydroxylation is 1. The Labute approximate surface area is 123 Å². The van der Waals surface area contributed by atoms with Crippen molar-refractivity contribution in [1.29, 1.82) is 0 Å². The summed E-state index contributed by atoms with van der Waals surface area (Å²) in [5.41, 5.74) is 1.04. The molecule has 3 aromatic rings. The van der Waals surface area contributed by atoms with Crippen molar-refractivity contribution in [2.24, 2.45) is 7.05 Å². The highest BCUT2D eigenvalue weighted by Crippen LogP contribution is 2.24. The number of aromatic nitrogens is 4. The second-order valence-corrected chi connectivity index (χ2v) is 5.17. The Morgan fingerprint density at radius 3 is 2.70 bits per heavy atom. The van der Waals surface area contributed by atoms with Crippen LogP contribution in [0.1, 0.15) is 5.76 Å². The van der Waals surface area contributed by atoms with Crippen LogP contribution in [0.25, 0.3) is 11.3 Å². The molecule has 102 valence electrons. The summed E-state index contributed by atoms with van der Waals surface area (Å²) in [6.07, 6.45) is 0. The van der Waals surface area contributed by atoms with Crippen LogP contribution in [0.2, 0.25) is 0 Å². The van der Waals surface area contributed by atoms with E-state index in [2.05, 4.69) is 36.8 Å². The highest BCUT2D eigenvalue weighted by atomic mass is 79.9. The minimum Gasteiger partial charge on any atom is -0.459 e. The molecule has 2 aromatic heterocycles. The predicted octanol–water partition coefficient (Wildman–Crippen LogP) is 2.84. The van der Waals surface area contributed by atoms with Crippen LogP contribution in [-0.2, 0) is 13.6 Å². The summed E-state index contributed by atoms with van der Waals surface area (Å²) in [4.78, 5) is 0. The first kappa shape index (κ1) is 12.9. The molecule has 7 heteroatoms. The van der Waals surface area contributed by atoms with Crippen molar-refractivity contribution in [3.63, 3.8) is 0 Å². The molecule has 2 heterocycles. The van der Waals surface area contributed by atoms with E-state index < -0.39 is 0 Å². The van der Waals surface area contributed by atoms with Gasteiger partial charge in [0.15, 0.2) is 0 Å². The molecule has 0 aliphatic carbocycles. The summed E-state index contributed by atoms with van der Waals surface area (Å²) in [6, 6.07) is 11.9. The molecule has 0 radical (unpaired) electrons.